The second kappa shape index (κ2) is 5.14. The van der Waals surface area contributed by atoms with Crippen LogP contribution >= 0.6 is 0 Å². The highest BCUT2D eigenvalue weighted by molar-refractivity contribution is 5.88. The van der Waals surface area contributed by atoms with Gasteiger partial charge in [-0.2, -0.15) is 30.7 Å². The summed E-state index contributed by atoms with van der Waals surface area (Å²) < 4.78 is 91.2. The Morgan fingerprint density at radius 1 is 0.818 bits per heavy atom. The van der Waals surface area contributed by atoms with Crippen molar-refractivity contribution in [3.8, 4) is 0 Å². The third-order valence-corrected chi connectivity index (χ3v) is 3.35. The number of halogens is 7. The maximum atomic E-state index is 13.9. The minimum atomic E-state index is -6.35. The van der Waals surface area contributed by atoms with Gasteiger partial charge in [0.2, 0.25) is 0 Å². The molecule has 0 fully saturated rings. The first-order chi connectivity index (χ1) is 10.0. The quantitative estimate of drug-likeness (QED) is 0.636. The average Bonchev–Trinajstić information content (AvgIpc) is 2.44. The highest BCUT2D eigenvalue weighted by Gasteiger charge is 2.73. The minimum Gasteiger partial charge on any atom is -0.194 e. The van der Waals surface area contributed by atoms with Crippen LogP contribution in [0.2, 0.25) is 0 Å². The maximum Gasteiger partial charge on any atom is 0.460 e. The molecule has 0 aliphatic rings. The van der Waals surface area contributed by atoms with Gasteiger partial charge >= 0.3 is 18.0 Å². The molecule has 0 spiro atoms. The third-order valence-electron chi connectivity index (χ3n) is 3.35. The van der Waals surface area contributed by atoms with Crippen LogP contribution in [-0.4, -0.2) is 12.1 Å². The van der Waals surface area contributed by atoms with Crippen LogP contribution in [-0.2, 0) is 5.92 Å². The van der Waals surface area contributed by atoms with Crippen LogP contribution < -0.4 is 0 Å². The number of benzene rings is 2. The lowest BCUT2D eigenvalue weighted by Gasteiger charge is -2.30. The van der Waals surface area contributed by atoms with Gasteiger partial charge in [0.15, 0.2) is 0 Å². The van der Waals surface area contributed by atoms with Crippen LogP contribution in [0.3, 0.4) is 0 Å². The van der Waals surface area contributed by atoms with Gasteiger partial charge < -0.3 is 0 Å². The second-order valence-corrected chi connectivity index (χ2v) is 4.68. The lowest BCUT2D eigenvalue weighted by atomic mass is 9.91. The van der Waals surface area contributed by atoms with Crippen molar-refractivity contribution in [2.75, 3.05) is 0 Å². The number of hydrogen-bond donors (Lipinski definition) is 0. The van der Waals surface area contributed by atoms with Crippen molar-refractivity contribution in [1.82, 2.24) is 0 Å². The van der Waals surface area contributed by atoms with Crippen molar-refractivity contribution in [3.05, 3.63) is 53.9 Å². The van der Waals surface area contributed by atoms with Crippen LogP contribution in [0.25, 0.3) is 10.8 Å². The molecular weight excluding hydrogens is 313 g/mol. The molecule has 0 saturated carbocycles. The van der Waals surface area contributed by atoms with Crippen LogP contribution in [0.1, 0.15) is 18.1 Å². The molecule has 2 aromatic carbocycles. The van der Waals surface area contributed by atoms with E-state index in [1.807, 2.05) is 0 Å². The summed E-state index contributed by atoms with van der Waals surface area (Å²) in [4.78, 5) is 0. The number of rotatable bonds is 3. The standard InChI is InChI=1S/C15H10F7/c1-2-10-11-6-4-3-5-9(11)7-8-12(10)13(16,17)14(18,19)15(20,21)22/h2-8H,1H3. The minimum absolute atomic E-state index is 0.181. The molecule has 119 valence electrons. The fourth-order valence-electron chi connectivity index (χ4n) is 2.23. The predicted octanol–water partition coefficient (Wildman–Crippen LogP) is 5.70. The second-order valence-electron chi connectivity index (χ2n) is 4.68. The molecule has 0 amide bonds. The maximum absolute atomic E-state index is 13.9. The molecule has 22 heavy (non-hydrogen) atoms. The molecule has 2 rings (SSSR count). The van der Waals surface area contributed by atoms with Crippen molar-refractivity contribution in [3.63, 3.8) is 0 Å². The molecule has 1 radical (unpaired) electrons. The number of fused-ring (bicyclic) bond motifs is 1. The average molecular weight is 323 g/mol. The Bertz CT molecular complexity index is 686. The first-order valence-electron chi connectivity index (χ1n) is 6.18. The third kappa shape index (κ3) is 2.32. The van der Waals surface area contributed by atoms with E-state index in [1.165, 1.54) is 19.1 Å². The van der Waals surface area contributed by atoms with Crippen LogP contribution in [0.4, 0.5) is 30.7 Å². The van der Waals surface area contributed by atoms with E-state index < -0.39 is 23.6 Å². The molecule has 0 heterocycles. The SMILES string of the molecule is C[CH]c1c(C(F)(F)C(F)(F)C(F)(F)F)ccc2ccccc12. The van der Waals surface area contributed by atoms with E-state index in [1.54, 1.807) is 12.1 Å². The molecule has 2 aromatic rings. The Labute approximate surface area is 121 Å². The first-order valence-corrected chi connectivity index (χ1v) is 6.18. The van der Waals surface area contributed by atoms with E-state index in [0.29, 0.717) is 11.5 Å². The highest BCUT2D eigenvalue weighted by Crippen LogP contribution is 2.53. The van der Waals surface area contributed by atoms with Crippen molar-refractivity contribution >= 4 is 10.8 Å². The fourth-order valence-corrected chi connectivity index (χ4v) is 2.23. The smallest absolute Gasteiger partial charge is 0.194 e. The lowest BCUT2D eigenvalue weighted by Crippen LogP contribution is -2.50. The van der Waals surface area contributed by atoms with Crippen LogP contribution in [0.15, 0.2) is 36.4 Å². The van der Waals surface area contributed by atoms with Gasteiger partial charge in [-0.1, -0.05) is 43.3 Å². The van der Waals surface area contributed by atoms with E-state index in [2.05, 4.69) is 0 Å². The van der Waals surface area contributed by atoms with Gasteiger partial charge in [0.25, 0.3) is 0 Å². The molecule has 0 nitrogen and oxygen atoms in total. The van der Waals surface area contributed by atoms with E-state index in [0.717, 1.165) is 12.5 Å². The normalized spacial score (nSPS) is 13.6. The zero-order valence-corrected chi connectivity index (χ0v) is 11.2. The first kappa shape index (κ1) is 16.6. The van der Waals surface area contributed by atoms with Gasteiger partial charge in [-0.15, -0.1) is 0 Å². The van der Waals surface area contributed by atoms with Crippen LogP contribution in [0.5, 0.6) is 0 Å². The molecule has 0 bridgehead atoms. The van der Waals surface area contributed by atoms with E-state index in [-0.39, 0.29) is 10.9 Å². The Hall–Kier alpha value is -1.79. The molecule has 0 atom stereocenters. The zero-order chi connectivity index (χ0) is 16.8. The molecule has 0 aliphatic carbocycles. The Morgan fingerprint density at radius 3 is 1.95 bits per heavy atom. The predicted molar refractivity (Wildman–Crippen MR) is 67.9 cm³/mol. The molecule has 0 N–H and O–H groups in total. The van der Waals surface area contributed by atoms with Crippen molar-refractivity contribution in [1.29, 1.82) is 0 Å². The van der Waals surface area contributed by atoms with E-state index in [4.69, 9.17) is 0 Å². The molecule has 0 unspecified atom stereocenters. The van der Waals surface area contributed by atoms with Crippen molar-refractivity contribution in [2.24, 2.45) is 0 Å². The van der Waals surface area contributed by atoms with Gasteiger partial charge in [-0.25, -0.2) is 0 Å². The molecule has 7 heteroatoms. The van der Waals surface area contributed by atoms with E-state index in [9.17, 15) is 30.7 Å². The number of alkyl halides is 7. The number of hydrogen-bond acceptors (Lipinski definition) is 0. The van der Waals surface area contributed by atoms with Gasteiger partial charge in [0.05, 0.1) is 0 Å². The molecule has 0 aromatic heterocycles. The molecule has 0 saturated heterocycles. The highest BCUT2D eigenvalue weighted by atomic mass is 19.4. The summed E-state index contributed by atoms with van der Waals surface area (Å²) in [5.74, 6) is -11.5. The molecular formula is C15H10F7. The van der Waals surface area contributed by atoms with Crippen molar-refractivity contribution in [2.45, 2.75) is 24.9 Å². The Balaban J connectivity index is 2.73. The largest absolute Gasteiger partial charge is 0.460 e. The lowest BCUT2D eigenvalue weighted by molar-refractivity contribution is -0.359. The molecule has 0 aliphatic heterocycles. The summed E-state index contributed by atoms with van der Waals surface area (Å²) in [6.45, 7) is 1.30. The van der Waals surface area contributed by atoms with Gasteiger partial charge in [0, 0.05) is 5.56 Å². The Kier molecular flexibility index (Phi) is 3.87. The Morgan fingerprint density at radius 2 is 1.41 bits per heavy atom. The van der Waals surface area contributed by atoms with Gasteiger partial charge in [-0.05, 0) is 22.8 Å². The fraction of sp³-hybridized carbons (Fsp3) is 0.267. The van der Waals surface area contributed by atoms with Crippen LogP contribution in [0, 0.1) is 6.42 Å². The monoisotopic (exact) mass is 323 g/mol. The zero-order valence-electron chi connectivity index (χ0n) is 11.2. The summed E-state index contributed by atoms with van der Waals surface area (Å²) in [6, 6.07) is 7.72. The summed E-state index contributed by atoms with van der Waals surface area (Å²) in [5.41, 5.74) is -1.69. The summed E-state index contributed by atoms with van der Waals surface area (Å²) >= 11 is 0. The van der Waals surface area contributed by atoms with Gasteiger partial charge in [0.1, 0.15) is 0 Å². The van der Waals surface area contributed by atoms with Crippen molar-refractivity contribution < 1.29 is 30.7 Å². The van der Waals surface area contributed by atoms with Gasteiger partial charge in [-0.3, -0.25) is 0 Å². The topological polar surface area (TPSA) is 0 Å². The van der Waals surface area contributed by atoms with E-state index >= 15 is 0 Å². The summed E-state index contributed by atoms with van der Waals surface area (Å²) in [5, 5.41) is 0.644. The summed E-state index contributed by atoms with van der Waals surface area (Å²) in [6.07, 6.45) is -5.26. The summed E-state index contributed by atoms with van der Waals surface area (Å²) in [7, 11) is 0.